The van der Waals surface area contributed by atoms with Crippen molar-refractivity contribution in [2.45, 2.75) is 63.3 Å². The summed E-state index contributed by atoms with van der Waals surface area (Å²) < 4.78 is 34.8. The fraction of sp³-hybridized carbons (Fsp3) is 0.423. The maximum absolute atomic E-state index is 13.4. The fourth-order valence-corrected chi connectivity index (χ4v) is 6.86. The highest BCUT2D eigenvalue weighted by Crippen LogP contribution is 2.39. The molecular formula is C26H33N3O3S2. The van der Waals surface area contributed by atoms with E-state index < -0.39 is 10.0 Å². The standard InChI is InChI=1S/C26H33N3O3S2/c1-5-19-10-9-11-21(16-19)28-34(30,31)24-17-20(14-15-23(24)32-4)25-18(2)27-26(33-25)29(3)22-12-7-6-8-13-22/h9-11,14-17,22,28H,5-8,12-13H2,1-4H3. The van der Waals surface area contributed by atoms with Gasteiger partial charge in [0.1, 0.15) is 10.6 Å². The summed E-state index contributed by atoms with van der Waals surface area (Å²) in [6.07, 6.45) is 7.06. The van der Waals surface area contributed by atoms with Crippen molar-refractivity contribution in [3.05, 3.63) is 53.7 Å². The number of hydrogen-bond donors (Lipinski definition) is 1. The van der Waals surface area contributed by atoms with Crippen LogP contribution in [0.2, 0.25) is 0 Å². The number of rotatable bonds is 8. The van der Waals surface area contributed by atoms with E-state index in [4.69, 9.17) is 9.72 Å². The summed E-state index contributed by atoms with van der Waals surface area (Å²) in [6.45, 7) is 4.02. The number of aromatic nitrogens is 1. The quantitative estimate of drug-likeness (QED) is 0.396. The van der Waals surface area contributed by atoms with Crippen LogP contribution in [0.1, 0.15) is 50.3 Å². The molecule has 1 aromatic heterocycles. The van der Waals surface area contributed by atoms with Gasteiger partial charge in [-0.3, -0.25) is 4.72 Å². The van der Waals surface area contributed by atoms with Gasteiger partial charge >= 0.3 is 0 Å². The highest BCUT2D eigenvalue weighted by molar-refractivity contribution is 7.92. The van der Waals surface area contributed by atoms with E-state index in [1.54, 1.807) is 29.5 Å². The first-order valence-corrected chi connectivity index (χ1v) is 14.1. The molecule has 1 heterocycles. The third-order valence-corrected chi connectivity index (χ3v) is 9.21. The number of methoxy groups -OCH3 is 1. The Morgan fingerprint density at radius 2 is 1.91 bits per heavy atom. The molecule has 34 heavy (non-hydrogen) atoms. The van der Waals surface area contributed by atoms with E-state index in [0.717, 1.165) is 33.3 Å². The van der Waals surface area contributed by atoms with Crippen LogP contribution in [-0.2, 0) is 16.4 Å². The first-order valence-electron chi connectivity index (χ1n) is 11.8. The number of ether oxygens (including phenoxy) is 1. The Bertz CT molecular complexity index is 1250. The van der Waals surface area contributed by atoms with E-state index in [9.17, 15) is 8.42 Å². The normalized spacial score (nSPS) is 14.7. The molecule has 0 amide bonds. The Kier molecular flexibility index (Phi) is 7.48. The molecule has 1 aliphatic rings. The second kappa shape index (κ2) is 10.4. The predicted octanol–water partition coefficient (Wildman–Crippen LogP) is 6.26. The summed E-state index contributed by atoms with van der Waals surface area (Å²) in [5.41, 5.74) is 3.33. The summed E-state index contributed by atoms with van der Waals surface area (Å²) in [6, 6.07) is 13.3. The van der Waals surface area contributed by atoms with Crippen LogP contribution in [0.3, 0.4) is 0 Å². The van der Waals surface area contributed by atoms with Crippen LogP contribution in [0.25, 0.3) is 10.4 Å². The number of nitrogens with zero attached hydrogens (tertiary/aromatic N) is 2. The molecule has 2 aromatic carbocycles. The minimum atomic E-state index is -3.85. The van der Waals surface area contributed by atoms with Crippen molar-refractivity contribution in [2.24, 2.45) is 0 Å². The first-order chi connectivity index (χ1) is 16.3. The van der Waals surface area contributed by atoms with E-state index in [2.05, 4.69) is 16.7 Å². The molecule has 0 bridgehead atoms. The summed E-state index contributed by atoms with van der Waals surface area (Å²) in [7, 11) is -0.244. The second-order valence-electron chi connectivity index (χ2n) is 8.84. The van der Waals surface area contributed by atoms with E-state index in [1.165, 1.54) is 39.2 Å². The van der Waals surface area contributed by atoms with Crippen molar-refractivity contribution in [1.82, 2.24) is 4.98 Å². The topological polar surface area (TPSA) is 71.5 Å². The average molecular weight is 500 g/mol. The van der Waals surface area contributed by atoms with Gasteiger partial charge in [0.15, 0.2) is 5.13 Å². The van der Waals surface area contributed by atoms with Crippen molar-refractivity contribution in [1.29, 1.82) is 0 Å². The molecular weight excluding hydrogens is 466 g/mol. The molecule has 0 atom stereocenters. The van der Waals surface area contributed by atoms with Gasteiger partial charge in [-0.15, -0.1) is 0 Å². The molecule has 0 saturated heterocycles. The molecule has 3 aromatic rings. The largest absolute Gasteiger partial charge is 0.495 e. The SMILES string of the molecule is CCc1cccc(NS(=O)(=O)c2cc(-c3sc(N(C)C4CCCCC4)nc3C)ccc2OC)c1. The third-order valence-electron chi connectivity index (χ3n) is 6.51. The molecule has 0 spiro atoms. The minimum Gasteiger partial charge on any atom is -0.495 e. The van der Waals surface area contributed by atoms with Gasteiger partial charge in [-0.1, -0.05) is 49.7 Å². The lowest BCUT2D eigenvalue weighted by atomic mass is 9.95. The third kappa shape index (κ3) is 5.23. The summed E-state index contributed by atoms with van der Waals surface area (Å²) in [5, 5.41) is 0.981. The highest BCUT2D eigenvalue weighted by Gasteiger charge is 2.24. The van der Waals surface area contributed by atoms with Crippen LogP contribution >= 0.6 is 11.3 Å². The second-order valence-corrected chi connectivity index (χ2v) is 11.5. The molecule has 4 rings (SSSR count). The maximum Gasteiger partial charge on any atom is 0.265 e. The number of nitrogens with one attached hydrogen (secondary N) is 1. The molecule has 0 radical (unpaired) electrons. The van der Waals surface area contributed by atoms with Crippen molar-refractivity contribution in [2.75, 3.05) is 23.8 Å². The van der Waals surface area contributed by atoms with E-state index in [0.29, 0.717) is 17.5 Å². The molecule has 1 saturated carbocycles. The maximum atomic E-state index is 13.4. The van der Waals surface area contributed by atoms with Gasteiger partial charge in [-0.25, -0.2) is 13.4 Å². The number of aryl methyl sites for hydroxylation is 2. The van der Waals surface area contributed by atoms with Gasteiger partial charge in [-0.05, 0) is 67.6 Å². The number of hydrogen-bond acceptors (Lipinski definition) is 6. The molecule has 1 fully saturated rings. The number of benzene rings is 2. The average Bonchev–Trinajstić information content (AvgIpc) is 3.25. The lowest BCUT2D eigenvalue weighted by Crippen LogP contribution is -2.33. The van der Waals surface area contributed by atoms with Crippen molar-refractivity contribution in [3.8, 4) is 16.2 Å². The molecule has 6 nitrogen and oxygen atoms in total. The monoisotopic (exact) mass is 499 g/mol. The van der Waals surface area contributed by atoms with Crippen molar-refractivity contribution >= 4 is 32.2 Å². The fourth-order valence-electron chi connectivity index (χ4n) is 4.52. The molecule has 8 heteroatoms. The zero-order valence-electron chi connectivity index (χ0n) is 20.3. The molecule has 0 unspecified atom stereocenters. The van der Waals surface area contributed by atoms with E-state index in [-0.39, 0.29) is 4.90 Å². The van der Waals surface area contributed by atoms with Crippen LogP contribution in [0.4, 0.5) is 10.8 Å². The molecule has 1 N–H and O–H groups in total. The van der Waals surface area contributed by atoms with Gasteiger partial charge in [0.05, 0.1) is 17.7 Å². The van der Waals surface area contributed by atoms with E-state index >= 15 is 0 Å². The first kappa shape index (κ1) is 24.5. The van der Waals surface area contributed by atoms with Crippen LogP contribution < -0.4 is 14.4 Å². The Morgan fingerprint density at radius 1 is 1.15 bits per heavy atom. The molecule has 0 aliphatic heterocycles. The van der Waals surface area contributed by atoms with Crippen LogP contribution in [0.5, 0.6) is 5.75 Å². The Labute approximate surface area is 207 Å². The predicted molar refractivity (Wildman–Crippen MR) is 141 cm³/mol. The summed E-state index contributed by atoms with van der Waals surface area (Å²) in [5.74, 6) is 0.310. The van der Waals surface area contributed by atoms with Crippen LogP contribution in [0, 0.1) is 6.92 Å². The van der Waals surface area contributed by atoms with Crippen LogP contribution in [0.15, 0.2) is 47.4 Å². The van der Waals surface area contributed by atoms with Gasteiger partial charge in [-0.2, -0.15) is 0 Å². The minimum absolute atomic E-state index is 0.115. The van der Waals surface area contributed by atoms with Gasteiger partial charge in [0, 0.05) is 18.8 Å². The summed E-state index contributed by atoms with van der Waals surface area (Å²) >= 11 is 1.61. The summed E-state index contributed by atoms with van der Waals surface area (Å²) in [4.78, 5) is 8.22. The number of sulfonamides is 1. The highest BCUT2D eigenvalue weighted by atomic mass is 32.2. The lowest BCUT2D eigenvalue weighted by Gasteiger charge is -2.30. The Balaban J connectivity index is 1.66. The zero-order chi connectivity index (χ0) is 24.3. The zero-order valence-corrected chi connectivity index (χ0v) is 21.9. The van der Waals surface area contributed by atoms with Crippen molar-refractivity contribution in [3.63, 3.8) is 0 Å². The lowest BCUT2D eigenvalue weighted by molar-refractivity contribution is 0.403. The molecule has 182 valence electrons. The van der Waals surface area contributed by atoms with Gasteiger partial charge in [0.25, 0.3) is 10.0 Å². The number of anilines is 2. The van der Waals surface area contributed by atoms with E-state index in [1.807, 2.05) is 38.1 Å². The van der Waals surface area contributed by atoms with Crippen LogP contribution in [-0.4, -0.2) is 33.6 Å². The smallest absolute Gasteiger partial charge is 0.265 e. The van der Waals surface area contributed by atoms with Crippen molar-refractivity contribution < 1.29 is 13.2 Å². The van der Waals surface area contributed by atoms with Gasteiger partial charge in [0.2, 0.25) is 0 Å². The number of thiazole rings is 1. The Morgan fingerprint density at radius 3 is 2.62 bits per heavy atom. The van der Waals surface area contributed by atoms with Gasteiger partial charge < -0.3 is 9.64 Å². The Hall–Kier alpha value is -2.58. The molecule has 1 aliphatic carbocycles.